The molecule has 0 saturated carbocycles. The van der Waals surface area contributed by atoms with E-state index in [-0.39, 0.29) is 6.10 Å². The van der Waals surface area contributed by atoms with Crippen LogP contribution in [-0.2, 0) is 4.74 Å². The molecule has 0 aromatic carbocycles. The summed E-state index contributed by atoms with van der Waals surface area (Å²) in [6, 6.07) is 0. The van der Waals surface area contributed by atoms with Crippen LogP contribution in [0.1, 0.15) is 27.2 Å². The van der Waals surface area contributed by atoms with Gasteiger partial charge in [-0.1, -0.05) is 13.8 Å². The van der Waals surface area contributed by atoms with Crippen LogP contribution in [0.4, 0.5) is 0 Å². The topological polar surface area (TPSA) is 44.7 Å². The fourth-order valence-electron chi connectivity index (χ4n) is 1.64. The molecule has 0 spiro atoms. The summed E-state index contributed by atoms with van der Waals surface area (Å²) in [5, 5.41) is 12.9. The molecule has 0 radical (unpaired) electrons. The standard InChI is InChI=1S/C13H30N2O2/c1-11(2)8-12(3)17-10-13(16)9-14-6-7-15(4)5/h11-14,16H,6-10H2,1-5H3. The summed E-state index contributed by atoms with van der Waals surface area (Å²) in [4.78, 5) is 2.11. The summed E-state index contributed by atoms with van der Waals surface area (Å²) < 4.78 is 5.59. The molecule has 2 unspecified atom stereocenters. The van der Waals surface area contributed by atoms with Crippen molar-refractivity contribution in [2.45, 2.75) is 39.4 Å². The van der Waals surface area contributed by atoms with Gasteiger partial charge in [0.1, 0.15) is 0 Å². The van der Waals surface area contributed by atoms with E-state index < -0.39 is 6.10 Å². The van der Waals surface area contributed by atoms with Crippen molar-refractivity contribution in [3.05, 3.63) is 0 Å². The molecule has 0 saturated heterocycles. The predicted octanol–water partition coefficient (Wildman–Crippen LogP) is 0.950. The maximum Gasteiger partial charge on any atom is 0.0897 e. The van der Waals surface area contributed by atoms with E-state index in [4.69, 9.17) is 4.74 Å². The fourth-order valence-corrected chi connectivity index (χ4v) is 1.64. The molecule has 0 rings (SSSR count). The first kappa shape index (κ1) is 16.8. The van der Waals surface area contributed by atoms with Gasteiger partial charge < -0.3 is 20.1 Å². The van der Waals surface area contributed by atoms with Crippen molar-refractivity contribution < 1.29 is 9.84 Å². The fraction of sp³-hybridized carbons (Fsp3) is 1.00. The van der Waals surface area contributed by atoms with Gasteiger partial charge in [0.05, 0.1) is 18.8 Å². The molecule has 0 aliphatic rings. The van der Waals surface area contributed by atoms with Crippen LogP contribution in [0.3, 0.4) is 0 Å². The number of hydrogen-bond acceptors (Lipinski definition) is 4. The number of rotatable bonds is 10. The minimum atomic E-state index is -0.410. The van der Waals surface area contributed by atoms with E-state index in [1.54, 1.807) is 0 Å². The van der Waals surface area contributed by atoms with Crippen LogP contribution in [0, 0.1) is 5.92 Å². The van der Waals surface area contributed by atoms with Crippen LogP contribution < -0.4 is 5.32 Å². The van der Waals surface area contributed by atoms with E-state index in [1.807, 2.05) is 14.1 Å². The summed E-state index contributed by atoms with van der Waals surface area (Å²) in [5.41, 5.74) is 0. The smallest absolute Gasteiger partial charge is 0.0897 e. The summed E-state index contributed by atoms with van der Waals surface area (Å²) in [6.07, 6.45) is 0.860. The maximum absolute atomic E-state index is 9.70. The largest absolute Gasteiger partial charge is 0.389 e. The second-order valence-electron chi connectivity index (χ2n) is 5.43. The Balaban J connectivity index is 3.42. The van der Waals surface area contributed by atoms with Gasteiger partial charge in [-0.25, -0.2) is 0 Å². The third-order valence-electron chi connectivity index (χ3n) is 2.49. The van der Waals surface area contributed by atoms with E-state index in [0.717, 1.165) is 19.5 Å². The van der Waals surface area contributed by atoms with Crippen molar-refractivity contribution in [1.29, 1.82) is 0 Å². The highest BCUT2D eigenvalue weighted by molar-refractivity contribution is 4.61. The number of hydrogen-bond donors (Lipinski definition) is 2. The predicted molar refractivity (Wildman–Crippen MR) is 72.3 cm³/mol. The van der Waals surface area contributed by atoms with Crippen LogP contribution >= 0.6 is 0 Å². The third-order valence-corrected chi connectivity index (χ3v) is 2.49. The molecule has 104 valence electrons. The van der Waals surface area contributed by atoms with Crippen molar-refractivity contribution in [2.24, 2.45) is 5.92 Å². The first-order valence-electron chi connectivity index (χ1n) is 6.57. The molecule has 0 aromatic heterocycles. The highest BCUT2D eigenvalue weighted by Gasteiger charge is 2.09. The Morgan fingerprint density at radius 1 is 1.24 bits per heavy atom. The average Bonchev–Trinajstić information content (AvgIpc) is 2.20. The van der Waals surface area contributed by atoms with Crippen molar-refractivity contribution in [2.75, 3.05) is 40.3 Å². The highest BCUT2D eigenvalue weighted by Crippen LogP contribution is 2.07. The normalized spacial score (nSPS) is 15.5. The summed E-state index contributed by atoms with van der Waals surface area (Å²) in [7, 11) is 4.07. The lowest BCUT2D eigenvalue weighted by Crippen LogP contribution is -2.35. The number of likely N-dealkylation sites (N-methyl/N-ethyl adjacent to an activating group) is 1. The first-order chi connectivity index (χ1) is 7.91. The Morgan fingerprint density at radius 2 is 1.88 bits per heavy atom. The van der Waals surface area contributed by atoms with E-state index in [2.05, 4.69) is 31.0 Å². The van der Waals surface area contributed by atoms with Gasteiger partial charge >= 0.3 is 0 Å². The minimum absolute atomic E-state index is 0.228. The molecular weight excluding hydrogens is 216 g/mol. The van der Waals surface area contributed by atoms with Gasteiger partial charge in [0.25, 0.3) is 0 Å². The Hall–Kier alpha value is -0.160. The molecule has 17 heavy (non-hydrogen) atoms. The van der Waals surface area contributed by atoms with E-state index in [0.29, 0.717) is 19.1 Å². The van der Waals surface area contributed by atoms with Gasteiger partial charge in [-0.2, -0.15) is 0 Å². The van der Waals surface area contributed by atoms with Crippen molar-refractivity contribution in [3.63, 3.8) is 0 Å². The first-order valence-corrected chi connectivity index (χ1v) is 6.57. The molecule has 0 aliphatic heterocycles. The summed E-state index contributed by atoms with van der Waals surface area (Å²) in [5.74, 6) is 0.639. The zero-order valence-electron chi connectivity index (χ0n) is 12.1. The zero-order chi connectivity index (χ0) is 13.3. The van der Waals surface area contributed by atoms with Gasteiger partial charge in [0.15, 0.2) is 0 Å². The van der Waals surface area contributed by atoms with Crippen LogP contribution in [0.5, 0.6) is 0 Å². The SMILES string of the molecule is CC(C)CC(C)OCC(O)CNCCN(C)C. The third kappa shape index (κ3) is 12.1. The summed E-state index contributed by atoms with van der Waals surface area (Å²) >= 11 is 0. The molecule has 0 heterocycles. The average molecular weight is 246 g/mol. The van der Waals surface area contributed by atoms with Gasteiger partial charge in [-0.15, -0.1) is 0 Å². The molecule has 0 fully saturated rings. The lowest BCUT2D eigenvalue weighted by molar-refractivity contribution is -0.00849. The Labute approximate surface area is 106 Å². The Morgan fingerprint density at radius 3 is 2.41 bits per heavy atom. The number of ether oxygens (including phenoxy) is 1. The van der Waals surface area contributed by atoms with E-state index in [1.165, 1.54) is 0 Å². The Kier molecular flexibility index (Phi) is 9.74. The van der Waals surface area contributed by atoms with Crippen LogP contribution in [0.15, 0.2) is 0 Å². The summed E-state index contributed by atoms with van der Waals surface area (Å²) in [6.45, 7) is 9.32. The van der Waals surface area contributed by atoms with Gasteiger partial charge in [0, 0.05) is 19.6 Å². The molecule has 0 aromatic rings. The molecule has 2 N–H and O–H groups in total. The molecule has 4 heteroatoms. The quantitative estimate of drug-likeness (QED) is 0.563. The minimum Gasteiger partial charge on any atom is -0.389 e. The highest BCUT2D eigenvalue weighted by atomic mass is 16.5. The molecule has 0 aliphatic carbocycles. The van der Waals surface area contributed by atoms with Crippen molar-refractivity contribution in [3.8, 4) is 0 Å². The van der Waals surface area contributed by atoms with Crippen LogP contribution in [-0.4, -0.2) is 62.6 Å². The van der Waals surface area contributed by atoms with Gasteiger partial charge in [-0.05, 0) is 33.4 Å². The molecule has 0 amide bonds. The van der Waals surface area contributed by atoms with Gasteiger partial charge in [0.2, 0.25) is 0 Å². The number of nitrogens with one attached hydrogen (secondary N) is 1. The monoisotopic (exact) mass is 246 g/mol. The van der Waals surface area contributed by atoms with Crippen LogP contribution in [0.25, 0.3) is 0 Å². The molecular formula is C13H30N2O2. The van der Waals surface area contributed by atoms with Crippen LogP contribution in [0.2, 0.25) is 0 Å². The molecule has 2 atom stereocenters. The van der Waals surface area contributed by atoms with Crippen molar-refractivity contribution >= 4 is 0 Å². The number of aliphatic hydroxyl groups excluding tert-OH is 1. The Bertz CT molecular complexity index is 175. The lowest BCUT2D eigenvalue weighted by Gasteiger charge is -2.18. The maximum atomic E-state index is 9.70. The zero-order valence-corrected chi connectivity index (χ0v) is 12.1. The molecule has 0 bridgehead atoms. The second-order valence-corrected chi connectivity index (χ2v) is 5.43. The second kappa shape index (κ2) is 9.83. The lowest BCUT2D eigenvalue weighted by atomic mass is 10.1. The molecule has 4 nitrogen and oxygen atoms in total. The number of aliphatic hydroxyl groups is 1. The van der Waals surface area contributed by atoms with E-state index >= 15 is 0 Å². The number of nitrogens with zero attached hydrogens (tertiary/aromatic N) is 1. The van der Waals surface area contributed by atoms with Crippen molar-refractivity contribution in [1.82, 2.24) is 10.2 Å². The van der Waals surface area contributed by atoms with Gasteiger partial charge in [-0.3, -0.25) is 0 Å². The van der Waals surface area contributed by atoms with E-state index in [9.17, 15) is 5.11 Å².